The summed E-state index contributed by atoms with van der Waals surface area (Å²) in [6, 6.07) is 13.4. The Kier molecular flexibility index (Phi) is 4.92. The van der Waals surface area contributed by atoms with Crippen LogP contribution in [0.4, 0.5) is 0 Å². The maximum Gasteiger partial charge on any atom is 0.241 e. The molecule has 0 amide bonds. The van der Waals surface area contributed by atoms with E-state index in [1.165, 1.54) is 36.4 Å². The van der Waals surface area contributed by atoms with Crippen LogP contribution < -0.4 is 9.83 Å². The molecule has 0 fully saturated rings. The van der Waals surface area contributed by atoms with E-state index < -0.39 is 28.1 Å². The number of carbonyl (C=O) groups excluding carboxylic acids is 1. The van der Waals surface area contributed by atoms with Crippen LogP contribution in [0.5, 0.6) is 0 Å². The summed E-state index contributed by atoms with van der Waals surface area (Å²) >= 11 is 0. The van der Waals surface area contributed by atoms with Crippen molar-refractivity contribution in [1.82, 2.24) is 4.72 Å². The molecule has 2 N–H and O–H groups in total. The lowest BCUT2D eigenvalue weighted by Gasteiger charge is -2.25. The van der Waals surface area contributed by atoms with Gasteiger partial charge in [0.15, 0.2) is 0 Å². The first-order valence-corrected chi connectivity index (χ1v) is 7.91. The van der Waals surface area contributed by atoms with Gasteiger partial charge in [0.05, 0.1) is 16.9 Å². The number of nitrogens with one attached hydrogen (secondary N) is 1. The number of aliphatic carboxylic acids is 1. The van der Waals surface area contributed by atoms with E-state index in [1.54, 1.807) is 24.3 Å². The quantitative estimate of drug-likeness (QED) is 0.768. The van der Waals surface area contributed by atoms with Crippen LogP contribution >= 0.6 is 0 Å². The zero-order valence-corrected chi connectivity index (χ0v) is 12.2. The van der Waals surface area contributed by atoms with Crippen LogP contribution in [0.3, 0.4) is 0 Å². The highest BCUT2D eigenvalue weighted by Gasteiger charge is 2.27. The number of carboxylic acids is 1. The fourth-order valence-corrected chi connectivity index (χ4v) is 3.13. The molecule has 0 radical (unpaired) electrons. The van der Waals surface area contributed by atoms with Crippen molar-refractivity contribution in [2.75, 3.05) is 0 Å². The Hall–Kier alpha value is -2.22. The minimum atomic E-state index is -4.09. The fourth-order valence-electron chi connectivity index (χ4n) is 1.92. The van der Waals surface area contributed by atoms with Gasteiger partial charge in [-0.1, -0.05) is 48.5 Å². The number of aliphatic hydroxyl groups is 1. The molecule has 0 saturated carbocycles. The molecule has 6 nitrogen and oxygen atoms in total. The van der Waals surface area contributed by atoms with E-state index >= 15 is 0 Å². The number of hydrogen-bond donors (Lipinski definition) is 2. The van der Waals surface area contributed by atoms with Gasteiger partial charge in [0.2, 0.25) is 10.0 Å². The number of sulfonamides is 1. The smallest absolute Gasteiger partial charge is 0.241 e. The van der Waals surface area contributed by atoms with Gasteiger partial charge in [0.25, 0.3) is 0 Å². The number of benzene rings is 2. The lowest BCUT2D eigenvalue weighted by atomic mass is 10.0. The number of rotatable bonds is 6. The molecule has 2 aromatic rings. The van der Waals surface area contributed by atoms with E-state index in [1.807, 2.05) is 4.72 Å². The molecule has 2 aromatic carbocycles. The van der Waals surface area contributed by atoms with Gasteiger partial charge in [0.1, 0.15) is 6.10 Å². The first-order chi connectivity index (χ1) is 10.4. The Balaban J connectivity index is 2.28. The van der Waals surface area contributed by atoms with Gasteiger partial charge in [-0.15, -0.1) is 0 Å². The Morgan fingerprint density at radius 3 is 2.00 bits per heavy atom. The number of aliphatic hydroxyl groups excluding tert-OH is 1. The molecule has 0 aliphatic rings. The minimum absolute atomic E-state index is 0.0958. The Labute approximate surface area is 128 Å². The maximum absolute atomic E-state index is 12.2. The molecular formula is C15H14NO5S-. The molecule has 7 heteroatoms. The Morgan fingerprint density at radius 2 is 1.50 bits per heavy atom. The van der Waals surface area contributed by atoms with Crippen molar-refractivity contribution in [1.29, 1.82) is 0 Å². The summed E-state index contributed by atoms with van der Waals surface area (Å²) in [6.45, 7) is 0. The molecule has 0 heterocycles. The number of carboxylic acid groups (broad SMARTS) is 1. The maximum atomic E-state index is 12.2. The summed E-state index contributed by atoms with van der Waals surface area (Å²) in [5.41, 5.74) is 0.271. The van der Waals surface area contributed by atoms with Crippen LogP contribution in [-0.4, -0.2) is 25.5 Å². The first-order valence-electron chi connectivity index (χ1n) is 6.43. The molecule has 22 heavy (non-hydrogen) atoms. The Morgan fingerprint density at radius 1 is 1.00 bits per heavy atom. The normalized spacial score (nSPS) is 14.2. The van der Waals surface area contributed by atoms with Gasteiger partial charge >= 0.3 is 0 Å². The second-order valence-corrected chi connectivity index (χ2v) is 6.30. The SMILES string of the molecule is O=C([O-])[C@H](NS(=O)(=O)c1ccccc1)[C@H](O)c1ccccc1. The fraction of sp³-hybridized carbons (Fsp3) is 0.133. The summed E-state index contributed by atoms with van der Waals surface area (Å²) in [5.74, 6) is -1.71. The van der Waals surface area contributed by atoms with E-state index in [9.17, 15) is 23.4 Å². The average molecular weight is 320 g/mol. The lowest BCUT2D eigenvalue weighted by molar-refractivity contribution is -0.310. The summed E-state index contributed by atoms with van der Waals surface area (Å²) in [5, 5.41) is 21.3. The molecule has 0 unspecified atom stereocenters. The largest absolute Gasteiger partial charge is 0.548 e. The average Bonchev–Trinajstić information content (AvgIpc) is 2.53. The van der Waals surface area contributed by atoms with Crippen LogP contribution in [-0.2, 0) is 14.8 Å². The van der Waals surface area contributed by atoms with Crippen LogP contribution in [0.2, 0.25) is 0 Å². The van der Waals surface area contributed by atoms with Crippen molar-refractivity contribution in [2.45, 2.75) is 17.0 Å². The topological polar surface area (TPSA) is 107 Å². The van der Waals surface area contributed by atoms with Crippen molar-refractivity contribution >= 4 is 16.0 Å². The highest BCUT2D eigenvalue weighted by molar-refractivity contribution is 7.89. The van der Waals surface area contributed by atoms with E-state index in [4.69, 9.17) is 0 Å². The second-order valence-electron chi connectivity index (χ2n) is 4.59. The van der Waals surface area contributed by atoms with E-state index in [0.29, 0.717) is 0 Å². The third-order valence-electron chi connectivity index (χ3n) is 3.05. The molecule has 0 saturated heterocycles. The van der Waals surface area contributed by atoms with Gasteiger partial charge in [-0.05, 0) is 17.7 Å². The lowest BCUT2D eigenvalue weighted by Crippen LogP contribution is -2.51. The van der Waals surface area contributed by atoms with E-state index in [2.05, 4.69) is 0 Å². The summed E-state index contributed by atoms with van der Waals surface area (Å²) in [6.07, 6.45) is -1.57. The summed E-state index contributed by atoms with van der Waals surface area (Å²) in [7, 11) is -4.09. The van der Waals surface area contributed by atoms with Crippen molar-refractivity contribution in [3.63, 3.8) is 0 Å². The zero-order valence-electron chi connectivity index (χ0n) is 11.4. The van der Waals surface area contributed by atoms with Crippen molar-refractivity contribution in [3.8, 4) is 0 Å². The van der Waals surface area contributed by atoms with Gasteiger partial charge in [-0.2, -0.15) is 4.72 Å². The van der Waals surface area contributed by atoms with Crippen molar-refractivity contribution < 1.29 is 23.4 Å². The van der Waals surface area contributed by atoms with Gasteiger partial charge in [-0.3, -0.25) is 0 Å². The van der Waals surface area contributed by atoms with Crippen LogP contribution in [0.25, 0.3) is 0 Å². The van der Waals surface area contributed by atoms with Crippen molar-refractivity contribution in [3.05, 3.63) is 66.2 Å². The summed E-state index contributed by atoms with van der Waals surface area (Å²) in [4.78, 5) is 11.1. The van der Waals surface area contributed by atoms with Crippen molar-refractivity contribution in [2.24, 2.45) is 0 Å². The highest BCUT2D eigenvalue weighted by atomic mass is 32.2. The molecule has 2 rings (SSSR count). The Bertz CT molecular complexity index is 731. The van der Waals surface area contributed by atoms with Gasteiger partial charge in [0, 0.05) is 0 Å². The van der Waals surface area contributed by atoms with Crippen LogP contribution in [0, 0.1) is 0 Å². The summed E-state index contributed by atoms with van der Waals surface area (Å²) < 4.78 is 26.3. The third-order valence-corrected chi connectivity index (χ3v) is 4.50. The molecular weight excluding hydrogens is 306 g/mol. The number of carbonyl (C=O) groups is 1. The monoisotopic (exact) mass is 320 g/mol. The third kappa shape index (κ3) is 3.70. The van der Waals surface area contributed by atoms with Crippen LogP contribution in [0.15, 0.2) is 65.6 Å². The standard InChI is InChI=1S/C15H15NO5S/c17-14(11-7-3-1-4-8-11)13(15(18)19)16-22(20,21)12-9-5-2-6-10-12/h1-10,13-14,16-17H,(H,18,19)/p-1/t13-,14-/m1/s1. The van der Waals surface area contributed by atoms with E-state index in [-0.39, 0.29) is 10.5 Å². The first kappa shape index (κ1) is 16.2. The highest BCUT2D eigenvalue weighted by Crippen LogP contribution is 2.18. The molecule has 116 valence electrons. The zero-order chi connectivity index (χ0) is 16.2. The second kappa shape index (κ2) is 6.69. The molecule has 0 aliphatic carbocycles. The molecule has 0 aromatic heterocycles. The van der Waals surface area contributed by atoms with Crippen LogP contribution in [0.1, 0.15) is 11.7 Å². The minimum Gasteiger partial charge on any atom is -0.548 e. The molecule has 0 aliphatic heterocycles. The molecule has 0 spiro atoms. The van der Waals surface area contributed by atoms with Gasteiger partial charge < -0.3 is 15.0 Å². The molecule has 0 bridgehead atoms. The predicted molar refractivity (Wildman–Crippen MR) is 77.0 cm³/mol. The predicted octanol–water partition coefficient (Wildman–Crippen LogP) is -0.183. The molecule has 2 atom stereocenters. The number of hydrogen-bond acceptors (Lipinski definition) is 5. The van der Waals surface area contributed by atoms with Gasteiger partial charge in [-0.25, -0.2) is 8.42 Å². The van der Waals surface area contributed by atoms with E-state index in [0.717, 1.165) is 0 Å².